The van der Waals surface area contributed by atoms with Crippen molar-refractivity contribution in [3.8, 4) is 0 Å². The van der Waals surface area contributed by atoms with Crippen molar-refractivity contribution in [1.29, 1.82) is 0 Å². The summed E-state index contributed by atoms with van der Waals surface area (Å²) in [6, 6.07) is 9.55. The van der Waals surface area contributed by atoms with Crippen LogP contribution in [0.25, 0.3) is 0 Å². The number of amides is 2. The molecule has 2 N–H and O–H groups in total. The van der Waals surface area contributed by atoms with Crippen LogP contribution in [0.4, 0.5) is 0 Å². The summed E-state index contributed by atoms with van der Waals surface area (Å²) in [5, 5.41) is 6.46. The van der Waals surface area contributed by atoms with Gasteiger partial charge in [-0.05, 0) is 44.4 Å². The van der Waals surface area contributed by atoms with E-state index in [4.69, 9.17) is 0 Å². The number of nitrogens with one attached hydrogen (secondary N) is 2. The van der Waals surface area contributed by atoms with E-state index in [1.165, 1.54) is 0 Å². The average molecular weight is 352 g/mol. The van der Waals surface area contributed by atoms with Gasteiger partial charge in [0.1, 0.15) is 0 Å². The minimum absolute atomic E-state index is 0. The third-order valence-electron chi connectivity index (χ3n) is 4.74. The highest BCUT2D eigenvalue weighted by Gasteiger charge is 2.30. The number of carbonyl (C=O) groups is 2. The predicted octanol–water partition coefficient (Wildman–Crippen LogP) is 1.83. The van der Waals surface area contributed by atoms with Crippen LogP contribution in [0.1, 0.15) is 36.0 Å². The van der Waals surface area contributed by atoms with Crippen molar-refractivity contribution in [3.05, 3.63) is 35.9 Å². The average Bonchev–Trinajstić information content (AvgIpc) is 2.63. The molecule has 0 aromatic heterocycles. The smallest absolute Gasteiger partial charge is 0.253 e. The van der Waals surface area contributed by atoms with Gasteiger partial charge in [0.15, 0.2) is 0 Å². The molecule has 2 fully saturated rings. The van der Waals surface area contributed by atoms with Crippen molar-refractivity contribution in [2.45, 2.75) is 31.7 Å². The maximum atomic E-state index is 12.5. The number of rotatable bonds is 3. The van der Waals surface area contributed by atoms with Crippen LogP contribution < -0.4 is 10.6 Å². The summed E-state index contributed by atoms with van der Waals surface area (Å²) in [5.74, 6) is 0.0463. The molecule has 2 aliphatic rings. The lowest BCUT2D eigenvalue weighted by Crippen LogP contribution is -2.51. The summed E-state index contributed by atoms with van der Waals surface area (Å²) in [6.07, 6.45) is 3.90. The Morgan fingerprint density at radius 1 is 1.12 bits per heavy atom. The molecule has 3 rings (SSSR count). The Hall–Kier alpha value is -1.59. The lowest BCUT2D eigenvalue weighted by Gasteiger charge is -2.33. The molecular formula is C18H26ClN3O2. The monoisotopic (exact) mass is 351 g/mol. The Morgan fingerprint density at radius 2 is 1.92 bits per heavy atom. The Morgan fingerprint density at radius 3 is 2.62 bits per heavy atom. The first-order chi connectivity index (χ1) is 11.2. The summed E-state index contributed by atoms with van der Waals surface area (Å²) < 4.78 is 0. The Bertz CT molecular complexity index is 546. The van der Waals surface area contributed by atoms with Crippen molar-refractivity contribution in [1.82, 2.24) is 15.5 Å². The fraction of sp³-hybridized carbons (Fsp3) is 0.556. The van der Waals surface area contributed by atoms with Crippen molar-refractivity contribution in [2.75, 3.05) is 26.2 Å². The van der Waals surface area contributed by atoms with Gasteiger partial charge in [-0.1, -0.05) is 18.2 Å². The fourth-order valence-corrected chi connectivity index (χ4v) is 3.43. The van der Waals surface area contributed by atoms with Crippen molar-refractivity contribution >= 4 is 24.2 Å². The molecule has 6 heteroatoms. The third kappa shape index (κ3) is 4.71. The van der Waals surface area contributed by atoms with Crippen LogP contribution in [0.2, 0.25) is 0 Å². The molecule has 1 aromatic rings. The van der Waals surface area contributed by atoms with E-state index in [-0.39, 0.29) is 36.2 Å². The number of piperidine rings is 2. The molecular weight excluding hydrogens is 326 g/mol. The summed E-state index contributed by atoms with van der Waals surface area (Å²) in [5.41, 5.74) is 0.699. The number of hydrogen-bond donors (Lipinski definition) is 2. The van der Waals surface area contributed by atoms with Gasteiger partial charge < -0.3 is 15.5 Å². The van der Waals surface area contributed by atoms with E-state index in [9.17, 15) is 9.59 Å². The molecule has 2 amide bonds. The predicted molar refractivity (Wildman–Crippen MR) is 96.4 cm³/mol. The molecule has 2 unspecified atom stereocenters. The van der Waals surface area contributed by atoms with Gasteiger partial charge in [0.2, 0.25) is 5.91 Å². The Labute approximate surface area is 149 Å². The number of nitrogens with zero attached hydrogens (tertiary/aromatic N) is 1. The molecule has 2 heterocycles. The standard InChI is InChI=1S/C18H25N3O2.ClH/c22-17(20-16-9-4-10-19-12-16)15-8-5-11-21(13-15)18(23)14-6-2-1-3-7-14;/h1-3,6-7,15-16,19H,4-5,8-13H2,(H,20,22);1H. The zero-order chi connectivity index (χ0) is 16.1. The minimum atomic E-state index is -0.0849. The molecule has 0 aliphatic carbocycles. The third-order valence-corrected chi connectivity index (χ3v) is 4.74. The lowest BCUT2D eigenvalue weighted by atomic mass is 9.95. The molecule has 1 aromatic carbocycles. The second-order valence-corrected chi connectivity index (χ2v) is 6.51. The lowest BCUT2D eigenvalue weighted by molar-refractivity contribution is -0.127. The molecule has 2 saturated heterocycles. The molecule has 0 spiro atoms. The van der Waals surface area contributed by atoms with Crippen LogP contribution in [-0.2, 0) is 4.79 Å². The van der Waals surface area contributed by atoms with Gasteiger partial charge in [0, 0.05) is 31.2 Å². The first-order valence-electron chi connectivity index (χ1n) is 8.59. The molecule has 5 nitrogen and oxygen atoms in total. The van der Waals surface area contributed by atoms with Gasteiger partial charge in [0.25, 0.3) is 5.91 Å². The fourth-order valence-electron chi connectivity index (χ4n) is 3.43. The molecule has 24 heavy (non-hydrogen) atoms. The molecule has 0 bridgehead atoms. The number of halogens is 1. The molecule has 0 radical (unpaired) electrons. The molecule has 132 valence electrons. The maximum absolute atomic E-state index is 12.5. The Balaban J connectivity index is 0.00000208. The largest absolute Gasteiger partial charge is 0.352 e. The van der Waals surface area contributed by atoms with Gasteiger partial charge in [0.05, 0.1) is 5.92 Å². The van der Waals surface area contributed by atoms with E-state index in [1.807, 2.05) is 35.2 Å². The van der Waals surface area contributed by atoms with Crippen LogP contribution in [0.5, 0.6) is 0 Å². The van der Waals surface area contributed by atoms with Gasteiger partial charge in [-0.15, -0.1) is 12.4 Å². The van der Waals surface area contributed by atoms with E-state index in [0.29, 0.717) is 12.1 Å². The second kappa shape index (κ2) is 9.04. The highest BCUT2D eigenvalue weighted by atomic mass is 35.5. The Kier molecular flexibility index (Phi) is 7.06. The highest BCUT2D eigenvalue weighted by Crippen LogP contribution is 2.19. The van der Waals surface area contributed by atoms with Gasteiger partial charge in [-0.2, -0.15) is 0 Å². The number of benzene rings is 1. The zero-order valence-electron chi connectivity index (χ0n) is 13.9. The van der Waals surface area contributed by atoms with Crippen LogP contribution >= 0.6 is 12.4 Å². The summed E-state index contributed by atoms with van der Waals surface area (Å²) in [6.45, 7) is 3.16. The van der Waals surface area contributed by atoms with Crippen LogP contribution in [0.15, 0.2) is 30.3 Å². The topological polar surface area (TPSA) is 61.4 Å². The summed E-state index contributed by atoms with van der Waals surface area (Å²) >= 11 is 0. The van der Waals surface area contributed by atoms with Crippen molar-refractivity contribution < 1.29 is 9.59 Å². The quantitative estimate of drug-likeness (QED) is 0.873. The van der Waals surface area contributed by atoms with Crippen molar-refractivity contribution in [2.24, 2.45) is 5.92 Å². The minimum Gasteiger partial charge on any atom is -0.352 e. The highest BCUT2D eigenvalue weighted by molar-refractivity contribution is 5.94. The number of carbonyl (C=O) groups excluding carboxylic acids is 2. The van der Waals surface area contributed by atoms with Crippen LogP contribution in [-0.4, -0.2) is 48.9 Å². The van der Waals surface area contributed by atoms with E-state index in [2.05, 4.69) is 10.6 Å². The molecule has 2 atom stereocenters. The normalized spacial score (nSPS) is 23.9. The van der Waals surface area contributed by atoms with Gasteiger partial charge in [-0.25, -0.2) is 0 Å². The SMILES string of the molecule is Cl.O=C(NC1CCCNC1)C1CCCN(C(=O)c2ccccc2)C1. The zero-order valence-corrected chi connectivity index (χ0v) is 14.7. The summed E-state index contributed by atoms with van der Waals surface area (Å²) in [4.78, 5) is 26.9. The van der Waals surface area contributed by atoms with Crippen LogP contribution in [0, 0.1) is 5.92 Å². The number of hydrogen-bond acceptors (Lipinski definition) is 3. The molecule has 2 aliphatic heterocycles. The van der Waals surface area contributed by atoms with E-state index in [1.54, 1.807) is 0 Å². The number of likely N-dealkylation sites (tertiary alicyclic amines) is 1. The first-order valence-corrected chi connectivity index (χ1v) is 8.59. The first kappa shape index (κ1) is 18.7. The van der Waals surface area contributed by atoms with Gasteiger partial charge in [-0.3, -0.25) is 9.59 Å². The summed E-state index contributed by atoms with van der Waals surface area (Å²) in [7, 11) is 0. The van der Waals surface area contributed by atoms with E-state index >= 15 is 0 Å². The van der Waals surface area contributed by atoms with Crippen LogP contribution in [0.3, 0.4) is 0 Å². The van der Waals surface area contributed by atoms with Crippen molar-refractivity contribution in [3.63, 3.8) is 0 Å². The van der Waals surface area contributed by atoms with E-state index < -0.39 is 0 Å². The van der Waals surface area contributed by atoms with E-state index in [0.717, 1.165) is 45.3 Å². The maximum Gasteiger partial charge on any atom is 0.253 e. The molecule has 0 saturated carbocycles. The van der Waals surface area contributed by atoms with Gasteiger partial charge >= 0.3 is 0 Å². The second-order valence-electron chi connectivity index (χ2n) is 6.51.